The molecule has 0 saturated heterocycles. The third kappa shape index (κ3) is 3.33. The number of aromatic hydroxyl groups is 1. The van der Waals surface area contributed by atoms with Crippen molar-refractivity contribution in [2.75, 3.05) is 6.61 Å². The lowest BCUT2D eigenvalue weighted by Crippen LogP contribution is -2.22. The molecule has 1 aliphatic carbocycles. The van der Waals surface area contributed by atoms with E-state index in [4.69, 9.17) is 9.15 Å². The molecule has 0 saturated carbocycles. The van der Waals surface area contributed by atoms with Crippen LogP contribution in [-0.2, 0) is 11.2 Å². The highest BCUT2D eigenvalue weighted by atomic mass is 16.5. The highest BCUT2D eigenvalue weighted by Gasteiger charge is 2.28. The molecule has 1 aliphatic rings. The van der Waals surface area contributed by atoms with Gasteiger partial charge in [0.15, 0.2) is 0 Å². The summed E-state index contributed by atoms with van der Waals surface area (Å²) in [6.07, 6.45) is 2.15. The van der Waals surface area contributed by atoms with Crippen LogP contribution in [0, 0.1) is 6.92 Å². The quantitative estimate of drug-likeness (QED) is 0.648. The lowest BCUT2D eigenvalue weighted by atomic mass is 9.93. The Morgan fingerprint density at radius 1 is 1.31 bits per heavy atom. The van der Waals surface area contributed by atoms with Gasteiger partial charge in [-0.15, -0.1) is 0 Å². The minimum absolute atomic E-state index is 0.112. The average Bonchev–Trinajstić information content (AvgIpc) is 2.98. The molecule has 136 valence electrons. The maximum absolute atomic E-state index is 12.2. The summed E-state index contributed by atoms with van der Waals surface area (Å²) in [5.74, 6) is -0.268. The van der Waals surface area contributed by atoms with Crippen LogP contribution in [0.2, 0.25) is 0 Å². The van der Waals surface area contributed by atoms with Crippen molar-refractivity contribution >= 4 is 17.6 Å². The molecule has 0 aliphatic heterocycles. The first-order chi connectivity index (χ1) is 12.5. The van der Waals surface area contributed by atoms with E-state index in [1.165, 1.54) is 12.1 Å². The summed E-state index contributed by atoms with van der Waals surface area (Å²) in [7, 11) is 0. The zero-order valence-corrected chi connectivity index (χ0v) is 14.7. The first-order valence-corrected chi connectivity index (χ1v) is 8.47. The number of carbonyl (C=O) groups is 2. The summed E-state index contributed by atoms with van der Waals surface area (Å²) in [4.78, 5) is 24.3. The van der Waals surface area contributed by atoms with Gasteiger partial charge in [0.1, 0.15) is 11.5 Å². The zero-order chi connectivity index (χ0) is 18.7. The van der Waals surface area contributed by atoms with Crippen LogP contribution < -0.4 is 5.43 Å². The number of esters is 1. The molecule has 1 heterocycles. The standard InChI is InChI=1S/C19H20N2O5/c1-3-25-19(24)17-11(2)16-13(8-6-10-15(16)26-17)20-21-18(23)12-7-4-5-9-14(12)22/h4-5,7,9,22H,3,6,8,10H2,1-2H3,(H,21,23)/b20-13+. The monoisotopic (exact) mass is 356 g/mol. The first-order valence-electron chi connectivity index (χ1n) is 8.47. The van der Waals surface area contributed by atoms with Crippen LogP contribution in [0.25, 0.3) is 0 Å². The van der Waals surface area contributed by atoms with Crippen molar-refractivity contribution in [3.05, 3.63) is 52.5 Å². The molecular weight excluding hydrogens is 336 g/mol. The van der Waals surface area contributed by atoms with E-state index in [0.717, 1.165) is 12.0 Å². The number of furan rings is 1. The molecule has 1 aromatic heterocycles. The number of para-hydroxylation sites is 1. The molecule has 7 heteroatoms. The summed E-state index contributed by atoms with van der Waals surface area (Å²) in [5.41, 5.74) is 4.67. The molecule has 1 amide bonds. The molecule has 7 nitrogen and oxygen atoms in total. The van der Waals surface area contributed by atoms with E-state index in [1.54, 1.807) is 26.0 Å². The fraction of sp³-hybridized carbons (Fsp3) is 0.316. The molecule has 1 aromatic carbocycles. The summed E-state index contributed by atoms with van der Waals surface area (Å²) >= 11 is 0. The van der Waals surface area contributed by atoms with E-state index in [2.05, 4.69) is 10.5 Å². The number of phenolic OH excluding ortho intramolecular Hbond substituents is 1. The van der Waals surface area contributed by atoms with Gasteiger partial charge in [-0.2, -0.15) is 5.10 Å². The number of phenols is 1. The number of rotatable bonds is 4. The van der Waals surface area contributed by atoms with Gasteiger partial charge in [0, 0.05) is 17.5 Å². The van der Waals surface area contributed by atoms with Crippen molar-refractivity contribution in [1.29, 1.82) is 0 Å². The molecular formula is C19H20N2O5. The number of hydrogen-bond donors (Lipinski definition) is 2. The van der Waals surface area contributed by atoms with Gasteiger partial charge in [-0.3, -0.25) is 4.79 Å². The molecule has 3 rings (SSSR count). The minimum Gasteiger partial charge on any atom is -0.507 e. The number of hydrazone groups is 1. The first kappa shape index (κ1) is 17.7. The lowest BCUT2D eigenvalue weighted by Gasteiger charge is -2.13. The van der Waals surface area contributed by atoms with E-state index in [9.17, 15) is 14.7 Å². The van der Waals surface area contributed by atoms with Crippen molar-refractivity contribution < 1.29 is 23.8 Å². The topological polar surface area (TPSA) is 101 Å². The predicted octanol–water partition coefficient (Wildman–Crippen LogP) is 2.94. The maximum Gasteiger partial charge on any atom is 0.374 e. The smallest absolute Gasteiger partial charge is 0.374 e. The molecule has 0 spiro atoms. The Labute approximate surface area is 150 Å². The number of ether oxygens (including phenoxy) is 1. The molecule has 0 radical (unpaired) electrons. The Kier molecular flexibility index (Phi) is 5.06. The summed E-state index contributed by atoms with van der Waals surface area (Å²) in [6, 6.07) is 6.25. The van der Waals surface area contributed by atoms with E-state index < -0.39 is 11.9 Å². The van der Waals surface area contributed by atoms with Gasteiger partial charge in [-0.1, -0.05) is 12.1 Å². The van der Waals surface area contributed by atoms with E-state index in [0.29, 0.717) is 29.9 Å². The second-order valence-electron chi connectivity index (χ2n) is 5.94. The molecule has 0 unspecified atom stereocenters. The highest BCUT2D eigenvalue weighted by Crippen LogP contribution is 2.30. The number of hydrogen-bond acceptors (Lipinski definition) is 6. The average molecular weight is 356 g/mol. The molecule has 0 fully saturated rings. The maximum atomic E-state index is 12.2. The lowest BCUT2D eigenvalue weighted by molar-refractivity contribution is 0.0486. The van der Waals surface area contributed by atoms with E-state index in [1.807, 2.05) is 0 Å². The Bertz CT molecular complexity index is 882. The Balaban J connectivity index is 1.87. The van der Waals surface area contributed by atoms with Crippen molar-refractivity contribution in [3.63, 3.8) is 0 Å². The van der Waals surface area contributed by atoms with Gasteiger partial charge in [0.25, 0.3) is 5.91 Å². The zero-order valence-electron chi connectivity index (χ0n) is 14.7. The van der Waals surface area contributed by atoms with Crippen molar-refractivity contribution in [2.24, 2.45) is 5.10 Å². The van der Waals surface area contributed by atoms with Crippen molar-refractivity contribution in [2.45, 2.75) is 33.1 Å². The fourth-order valence-electron chi connectivity index (χ4n) is 3.02. The largest absolute Gasteiger partial charge is 0.507 e. The minimum atomic E-state index is -0.505. The second-order valence-corrected chi connectivity index (χ2v) is 5.94. The van der Waals surface area contributed by atoms with Crippen LogP contribution in [0.3, 0.4) is 0 Å². The van der Waals surface area contributed by atoms with Gasteiger partial charge >= 0.3 is 5.97 Å². The fourth-order valence-corrected chi connectivity index (χ4v) is 3.02. The van der Waals surface area contributed by atoms with Crippen LogP contribution in [-0.4, -0.2) is 29.3 Å². The van der Waals surface area contributed by atoms with Crippen LogP contribution in [0.1, 0.15) is 57.6 Å². The summed E-state index contributed by atoms with van der Waals surface area (Å²) < 4.78 is 10.7. The number of fused-ring (bicyclic) bond motifs is 1. The van der Waals surface area contributed by atoms with Gasteiger partial charge in [-0.25, -0.2) is 10.2 Å². The molecule has 2 aromatic rings. The normalized spacial score (nSPS) is 14.8. The van der Waals surface area contributed by atoms with E-state index in [-0.39, 0.29) is 23.7 Å². The summed E-state index contributed by atoms with van der Waals surface area (Å²) in [6.45, 7) is 3.78. The Morgan fingerprint density at radius 2 is 2.08 bits per heavy atom. The molecule has 2 N–H and O–H groups in total. The van der Waals surface area contributed by atoms with Crippen LogP contribution >= 0.6 is 0 Å². The molecule has 0 bridgehead atoms. The number of benzene rings is 1. The van der Waals surface area contributed by atoms with Gasteiger partial charge in [0.2, 0.25) is 5.76 Å². The molecule has 26 heavy (non-hydrogen) atoms. The van der Waals surface area contributed by atoms with Gasteiger partial charge in [0.05, 0.1) is 17.9 Å². The third-order valence-corrected chi connectivity index (χ3v) is 4.23. The predicted molar refractivity (Wildman–Crippen MR) is 94.4 cm³/mol. The van der Waals surface area contributed by atoms with Crippen LogP contribution in [0.15, 0.2) is 33.8 Å². The number of carbonyl (C=O) groups excluding carboxylic acids is 2. The van der Waals surface area contributed by atoms with Crippen molar-refractivity contribution in [1.82, 2.24) is 5.43 Å². The van der Waals surface area contributed by atoms with Gasteiger partial charge < -0.3 is 14.3 Å². The Morgan fingerprint density at radius 3 is 2.81 bits per heavy atom. The highest BCUT2D eigenvalue weighted by molar-refractivity contribution is 6.06. The number of aryl methyl sites for hydroxylation is 1. The Hall–Kier alpha value is -3.09. The SMILES string of the molecule is CCOC(=O)c1oc2c(c1C)/C(=N/NC(=O)c1ccccc1O)CCC2. The van der Waals surface area contributed by atoms with Crippen LogP contribution in [0.4, 0.5) is 0 Å². The second kappa shape index (κ2) is 7.43. The number of amides is 1. The van der Waals surface area contributed by atoms with Crippen LogP contribution in [0.5, 0.6) is 5.75 Å². The van der Waals surface area contributed by atoms with Gasteiger partial charge in [-0.05, 0) is 38.8 Å². The molecule has 0 atom stereocenters. The van der Waals surface area contributed by atoms with E-state index >= 15 is 0 Å². The number of nitrogens with one attached hydrogen (secondary N) is 1. The van der Waals surface area contributed by atoms with Crippen molar-refractivity contribution in [3.8, 4) is 5.75 Å². The number of nitrogens with zero attached hydrogens (tertiary/aromatic N) is 1. The summed E-state index contributed by atoms with van der Waals surface area (Å²) in [5, 5.41) is 14.0. The third-order valence-electron chi connectivity index (χ3n) is 4.23.